The summed E-state index contributed by atoms with van der Waals surface area (Å²) in [6, 6.07) is 8.81. The zero-order valence-electron chi connectivity index (χ0n) is 10.3. The average Bonchev–Trinajstić information content (AvgIpc) is 2.81. The highest BCUT2D eigenvalue weighted by Crippen LogP contribution is 2.24. The molecule has 4 nitrogen and oxygen atoms in total. The van der Waals surface area contributed by atoms with Gasteiger partial charge in [-0.3, -0.25) is 10.1 Å². The average molecular weight is 341 g/mol. The quantitative estimate of drug-likeness (QED) is 0.653. The van der Waals surface area contributed by atoms with E-state index in [4.69, 9.17) is 0 Å². The third-order valence-electron chi connectivity index (χ3n) is 2.84. The second kappa shape index (κ2) is 6.27. The van der Waals surface area contributed by atoms with E-state index >= 15 is 0 Å². The number of nitrogens with one attached hydrogen (secondary N) is 1. The van der Waals surface area contributed by atoms with Crippen molar-refractivity contribution in [3.05, 3.63) is 60.7 Å². The molecule has 19 heavy (non-hydrogen) atoms. The van der Waals surface area contributed by atoms with Crippen molar-refractivity contribution in [2.75, 3.05) is 0 Å². The maximum absolute atomic E-state index is 10.7. The standard InChI is InChI=1S/C13H13BrN2O2S/c1-9(15-8-13-12(14)5-6-19-13)10-3-2-4-11(7-10)16(17)18/h2-7,9,15H,8H2,1H3. The molecular formula is C13H13BrN2O2S. The van der Waals surface area contributed by atoms with E-state index in [1.54, 1.807) is 23.5 Å². The molecule has 0 radical (unpaired) electrons. The van der Waals surface area contributed by atoms with Crippen LogP contribution in [-0.2, 0) is 6.54 Å². The number of nitro groups is 1. The first-order valence-corrected chi connectivity index (χ1v) is 7.45. The lowest BCUT2D eigenvalue weighted by atomic mass is 10.1. The monoisotopic (exact) mass is 340 g/mol. The van der Waals surface area contributed by atoms with Crippen molar-refractivity contribution in [1.82, 2.24) is 5.32 Å². The maximum Gasteiger partial charge on any atom is 0.269 e. The molecule has 2 aromatic rings. The van der Waals surface area contributed by atoms with E-state index in [2.05, 4.69) is 21.2 Å². The minimum atomic E-state index is -0.369. The highest BCUT2D eigenvalue weighted by molar-refractivity contribution is 9.10. The molecule has 1 atom stereocenters. The van der Waals surface area contributed by atoms with Crippen LogP contribution >= 0.6 is 27.3 Å². The molecule has 0 aliphatic rings. The fraction of sp³-hybridized carbons (Fsp3) is 0.231. The molecule has 0 saturated carbocycles. The molecule has 0 fully saturated rings. The largest absolute Gasteiger partial charge is 0.305 e. The smallest absolute Gasteiger partial charge is 0.269 e. The summed E-state index contributed by atoms with van der Waals surface area (Å²) in [6.07, 6.45) is 0. The van der Waals surface area contributed by atoms with E-state index in [0.717, 1.165) is 16.6 Å². The predicted octanol–water partition coefficient (Wildman–Crippen LogP) is 4.27. The summed E-state index contributed by atoms with van der Waals surface area (Å²) in [6.45, 7) is 2.74. The van der Waals surface area contributed by atoms with Gasteiger partial charge in [-0.1, -0.05) is 12.1 Å². The molecule has 0 aliphatic heterocycles. The number of thiophene rings is 1. The lowest BCUT2D eigenvalue weighted by molar-refractivity contribution is -0.384. The van der Waals surface area contributed by atoms with Gasteiger partial charge in [-0.15, -0.1) is 11.3 Å². The highest BCUT2D eigenvalue weighted by atomic mass is 79.9. The SMILES string of the molecule is CC(NCc1sccc1Br)c1cccc([N+](=O)[O-])c1. The van der Waals surface area contributed by atoms with E-state index in [1.165, 1.54) is 10.9 Å². The van der Waals surface area contributed by atoms with Crippen LogP contribution in [0.4, 0.5) is 5.69 Å². The van der Waals surface area contributed by atoms with Crippen molar-refractivity contribution < 1.29 is 4.92 Å². The normalized spacial score (nSPS) is 12.3. The van der Waals surface area contributed by atoms with Gasteiger partial charge in [-0.2, -0.15) is 0 Å². The summed E-state index contributed by atoms with van der Waals surface area (Å²) in [5.41, 5.74) is 1.05. The summed E-state index contributed by atoms with van der Waals surface area (Å²) in [4.78, 5) is 11.6. The first kappa shape index (κ1) is 14.2. The van der Waals surface area contributed by atoms with E-state index in [9.17, 15) is 10.1 Å². The van der Waals surface area contributed by atoms with Crippen LogP contribution < -0.4 is 5.32 Å². The van der Waals surface area contributed by atoms with Crippen LogP contribution in [0.3, 0.4) is 0 Å². The Morgan fingerprint density at radius 3 is 2.89 bits per heavy atom. The molecule has 0 amide bonds. The summed E-state index contributed by atoms with van der Waals surface area (Å²) in [5, 5.41) is 16.1. The summed E-state index contributed by atoms with van der Waals surface area (Å²) >= 11 is 5.16. The van der Waals surface area contributed by atoms with E-state index < -0.39 is 0 Å². The Kier molecular flexibility index (Phi) is 4.68. The molecule has 1 aromatic carbocycles. The third kappa shape index (κ3) is 3.62. The summed E-state index contributed by atoms with van der Waals surface area (Å²) in [5.74, 6) is 0. The number of benzene rings is 1. The Balaban J connectivity index is 2.03. The number of rotatable bonds is 5. The summed E-state index contributed by atoms with van der Waals surface area (Å²) < 4.78 is 1.09. The number of non-ortho nitro benzene ring substituents is 1. The Labute approximate surface area is 123 Å². The van der Waals surface area contributed by atoms with E-state index in [0.29, 0.717) is 0 Å². The zero-order chi connectivity index (χ0) is 13.8. The minimum absolute atomic E-state index is 0.0638. The molecule has 0 aliphatic carbocycles. The molecule has 0 spiro atoms. The molecule has 1 heterocycles. The lowest BCUT2D eigenvalue weighted by Crippen LogP contribution is -2.17. The third-order valence-corrected chi connectivity index (χ3v) is 4.77. The molecule has 6 heteroatoms. The van der Waals surface area contributed by atoms with Gasteiger partial charge in [0, 0.05) is 34.1 Å². The van der Waals surface area contributed by atoms with Crippen molar-refractivity contribution in [1.29, 1.82) is 0 Å². The number of halogens is 1. The maximum atomic E-state index is 10.7. The lowest BCUT2D eigenvalue weighted by Gasteiger charge is -2.13. The Morgan fingerprint density at radius 1 is 1.47 bits per heavy atom. The molecular weight excluding hydrogens is 328 g/mol. The Bertz CT molecular complexity index is 586. The van der Waals surface area contributed by atoms with Crippen LogP contribution in [0.2, 0.25) is 0 Å². The minimum Gasteiger partial charge on any atom is -0.305 e. The second-order valence-electron chi connectivity index (χ2n) is 4.15. The molecule has 100 valence electrons. The van der Waals surface area contributed by atoms with Gasteiger partial charge in [-0.05, 0) is 39.9 Å². The molecule has 1 unspecified atom stereocenters. The van der Waals surface area contributed by atoms with Crippen molar-refractivity contribution in [3.63, 3.8) is 0 Å². The predicted molar refractivity (Wildman–Crippen MR) is 80.4 cm³/mol. The number of nitro benzene ring substituents is 1. The van der Waals surface area contributed by atoms with Gasteiger partial charge in [0.1, 0.15) is 0 Å². The van der Waals surface area contributed by atoms with E-state index in [-0.39, 0.29) is 16.7 Å². The highest BCUT2D eigenvalue weighted by Gasteiger charge is 2.11. The zero-order valence-corrected chi connectivity index (χ0v) is 12.7. The van der Waals surface area contributed by atoms with Gasteiger partial charge in [0.05, 0.1) is 4.92 Å². The Hall–Kier alpha value is -1.24. The second-order valence-corrected chi connectivity index (χ2v) is 6.00. The van der Waals surface area contributed by atoms with Gasteiger partial charge in [0.2, 0.25) is 0 Å². The summed E-state index contributed by atoms with van der Waals surface area (Å²) in [7, 11) is 0. The van der Waals surface area contributed by atoms with Gasteiger partial charge in [0.15, 0.2) is 0 Å². The van der Waals surface area contributed by atoms with Gasteiger partial charge >= 0.3 is 0 Å². The van der Waals surface area contributed by atoms with Crippen LogP contribution in [0.15, 0.2) is 40.2 Å². The van der Waals surface area contributed by atoms with Crippen LogP contribution in [0.5, 0.6) is 0 Å². The molecule has 0 saturated heterocycles. The first-order valence-electron chi connectivity index (χ1n) is 5.77. The van der Waals surface area contributed by atoms with Gasteiger partial charge in [-0.25, -0.2) is 0 Å². The topological polar surface area (TPSA) is 55.2 Å². The van der Waals surface area contributed by atoms with Gasteiger partial charge < -0.3 is 5.32 Å². The van der Waals surface area contributed by atoms with Crippen LogP contribution in [0.25, 0.3) is 0 Å². The Morgan fingerprint density at radius 2 is 2.26 bits per heavy atom. The van der Waals surface area contributed by atoms with Crippen LogP contribution in [0.1, 0.15) is 23.4 Å². The van der Waals surface area contributed by atoms with E-state index in [1.807, 2.05) is 24.4 Å². The van der Waals surface area contributed by atoms with Crippen molar-refractivity contribution in [2.45, 2.75) is 19.5 Å². The number of hydrogen-bond acceptors (Lipinski definition) is 4. The molecule has 1 aromatic heterocycles. The molecule has 2 rings (SSSR count). The number of hydrogen-bond donors (Lipinski definition) is 1. The molecule has 0 bridgehead atoms. The van der Waals surface area contributed by atoms with Crippen LogP contribution in [-0.4, -0.2) is 4.92 Å². The molecule has 1 N–H and O–H groups in total. The fourth-order valence-electron chi connectivity index (χ4n) is 1.72. The number of nitrogens with zero attached hydrogens (tertiary/aromatic N) is 1. The van der Waals surface area contributed by atoms with Crippen molar-refractivity contribution in [3.8, 4) is 0 Å². The van der Waals surface area contributed by atoms with Crippen LogP contribution in [0, 0.1) is 10.1 Å². The fourth-order valence-corrected chi connectivity index (χ4v) is 3.17. The van der Waals surface area contributed by atoms with Crippen molar-refractivity contribution >= 4 is 33.0 Å². The van der Waals surface area contributed by atoms with Gasteiger partial charge in [0.25, 0.3) is 5.69 Å². The first-order chi connectivity index (χ1) is 9.08. The van der Waals surface area contributed by atoms with Crippen molar-refractivity contribution in [2.24, 2.45) is 0 Å².